The molecule has 222 valence electrons. The Bertz CT molecular complexity index is 1220. The molecule has 2 aromatic heterocycles. The van der Waals surface area contributed by atoms with Gasteiger partial charge >= 0.3 is 5.97 Å². The molecule has 2 aliphatic carbocycles. The predicted molar refractivity (Wildman–Crippen MR) is 156 cm³/mol. The molecule has 0 unspecified atom stereocenters. The van der Waals surface area contributed by atoms with E-state index in [2.05, 4.69) is 37.6 Å². The number of nitrogens with zero attached hydrogens (tertiary/aromatic N) is 4. The van der Waals surface area contributed by atoms with Gasteiger partial charge < -0.3 is 25.4 Å². The highest BCUT2D eigenvalue weighted by molar-refractivity contribution is 6.30. The number of carboxylic acid groups (broad SMARTS) is 1. The molecule has 0 spiro atoms. The van der Waals surface area contributed by atoms with Gasteiger partial charge in [-0.1, -0.05) is 17.7 Å². The van der Waals surface area contributed by atoms with Crippen LogP contribution in [0.2, 0.25) is 5.15 Å². The number of aromatic nitrogens is 3. The van der Waals surface area contributed by atoms with Crippen LogP contribution < -0.4 is 10.6 Å². The van der Waals surface area contributed by atoms with Gasteiger partial charge in [0, 0.05) is 36.6 Å². The van der Waals surface area contributed by atoms with Gasteiger partial charge in [0.2, 0.25) is 5.91 Å². The van der Waals surface area contributed by atoms with Crippen LogP contribution in [0.1, 0.15) is 73.9 Å². The van der Waals surface area contributed by atoms with E-state index in [4.69, 9.17) is 21.3 Å². The molecular formula is C30H41ClN6O4. The largest absolute Gasteiger partial charge is 0.480 e. The monoisotopic (exact) mass is 584 g/mol. The second-order valence-electron chi connectivity index (χ2n) is 11.6. The zero-order valence-corrected chi connectivity index (χ0v) is 24.6. The number of hydrogen-bond donors (Lipinski definition) is 3. The summed E-state index contributed by atoms with van der Waals surface area (Å²) in [6.07, 6.45) is 10.6. The lowest BCUT2D eigenvalue weighted by Gasteiger charge is -2.26. The number of carbonyl (C=O) groups excluding carboxylic acids is 1. The molecule has 1 atom stereocenters. The molecular weight excluding hydrogens is 544 g/mol. The highest BCUT2D eigenvalue weighted by Gasteiger charge is 2.54. The third-order valence-electron chi connectivity index (χ3n) is 8.39. The zero-order chi connectivity index (χ0) is 28.8. The average molecular weight is 585 g/mol. The van der Waals surface area contributed by atoms with Crippen LogP contribution in [0, 0.1) is 6.92 Å². The van der Waals surface area contributed by atoms with Gasteiger partial charge in [0.1, 0.15) is 23.3 Å². The summed E-state index contributed by atoms with van der Waals surface area (Å²) in [7, 11) is 0. The number of halogens is 1. The van der Waals surface area contributed by atoms with Crippen molar-refractivity contribution in [2.45, 2.75) is 88.7 Å². The number of nitrogens with one attached hydrogen (secondary N) is 2. The summed E-state index contributed by atoms with van der Waals surface area (Å²) in [6, 6.07) is 3.33. The summed E-state index contributed by atoms with van der Waals surface area (Å²) >= 11 is 6.33. The van der Waals surface area contributed by atoms with Crippen molar-refractivity contribution in [3.63, 3.8) is 0 Å². The van der Waals surface area contributed by atoms with Crippen LogP contribution in [-0.4, -0.2) is 81.8 Å². The first-order valence-electron chi connectivity index (χ1n) is 14.9. The van der Waals surface area contributed by atoms with Gasteiger partial charge in [0.05, 0.1) is 18.1 Å². The second kappa shape index (κ2) is 13.4. The summed E-state index contributed by atoms with van der Waals surface area (Å²) in [5.74, 6) is -0.331. The number of carboxylic acids is 1. The first-order valence-corrected chi connectivity index (χ1v) is 15.3. The van der Waals surface area contributed by atoms with Crippen molar-refractivity contribution in [2.24, 2.45) is 0 Å². The molecule has 0 saturated heterocycles. The molecule has 41 heavy (non-hydrogen) atoms. The van der Waals surface area contributed by atoms with Crippen molar-refractivity contribution in [3.05, 3.63) is 46.1 Å². The van der Waals surface area contributed by atoms with E-state index in [0.29, 0.717) is 49.8 Å². The summed E-state index contributed by atoms with van der Waals surface area (Å²) in [4.78, 5) is 40.8. The molecule has 0 bridgehead atoms. The van der Waals surface area contributed by atoms with Crippen LogP contribution in [0.5, 0.6) is 0 Å². The van der Waals surface area contributed by atoms with E-state index in [-0.39, 0.29) is 11.1 Å². The lowest BCUT2D eigenvalue weighted by atomic mass is 9.94. The van der Waals surface area contributed by atoms with Crippen LogP contribution in [0.3, 0.4) is 0 Å². The molecule has 3 aliphatic rings. The molecule has 2 saturated carbocycles. The lowest BCUT2D eigenvalue weighted by Crippen LogP contribution is -2.47. The molecule has 2 fully saturated rings. The van der Waals surface area contributed by atoms with E-state index >= 15 is 0 Å². The third kappa shape index (κ3) is 7.72. The maximum atomic E-state index is 13.3. The number of anilines is 1. The van der Waals surface area contributed by atoms with Crippen molar-refractivity contribution >= 4 is 29.3 Å². The van der Waals surface area contributed by atoms with Crippen LogP contribution in [-0.2, 0) is 32.6 Å². The first kappa shape index (κ1) is 29.7. The average Bonchev–Trinajstić information content (AvgIpc) is 3.89. The number of fused-ring (bicyclic) bond motifs is 1. The van der Waals surface area contributed by atoms with E-state index in [1.807, 2.05) is 0 Å². The Morgan fingerprint density at radius 1 is 1.22 bits per heavy atom. The minimum absolute atomic E-state index is 0.251. The topological polar surface area (TPSA) is 130 Å². The van der Waals surface area contributed by atoms with Crippen molar-refractivity contribution in [1.29, 1.82) is 0 Å². The number of carbonyl (C=O) groups is 2. The van der Waals surface area contributed by atoms with Gasteiger partial charge in [-0.3, -0.25) is 4.79 Å². The van der Waals surface area contributed by atoms with E-state index in [9.17, 15) is 14.7 Å². The van der Waals surface area contributed by atoms with Crippen LogP contribution >= 0.6 is 11.6 Å². The van der Waals surface area contributed by atoms with Gasteiger partial charge in [-0.2, -0.15) is 0 Å². The second-order valence-corrected chi connectivity index (χ2v) is 11.9. The summed E-state index contributed by atoms with van der Waals surface area (Å²) < 4.78 is 5.89. The molecule has 0 aromatic carbocycles. The highest BCUT2D eigenvalue weighted by Crippen LogP contribution is 2.51. The normalized spacial score (nSPS) is 17.9. The fourth-order valence-corrected chi connectivity index (χ4v) is 6.00. The standard InChI is InChI=1S/C30H41ClN6O4/c1-20-25(26(31)34-19-33-20)30(12-13-30)29(40)36-24(28(38)39)11-16-37(17-18-41-23-9-10-23)15-3-2-6-22-8-7-21-5-4-14-32-27(21)35-22/h7-8,19,23-24H,2-6,9-18H2,1H3,(H,32,35)(H,36,40)(H,38,39)/t24-/m0/s1. The van der Waals surface area contributed by atoms with E-state index in [1.165, 1.54) is 11.9 Å². The Hall–Kier alpha value is -2.82. The third-order valence-corrected chi connectivity index (χ3v) is 8.67. The molecule has 3 heterocycles. The van der Waals surface area contributed by atoms with Crippen molar-refractivity contribution < 1.29 is 19.4 Å². The number of hydrogen-bond acceptors (Lipinski definition) is 8. The molecule has 1 amide bonds. The van der Waals surface area contributed by atoms with Crippen molar-refractivity contribution in [2.75, 3.05) is 38.1 Å². The fourth-order valence-electron chi connectivity index (χ4n) is 5.64. The van der Waals surface area contributed by atoms with Gasteiger partial charge in [-0.15, -0.1) is 0 Å². The van der Waals surface area contributed by atoms with Crippen LogP contribution in [0.25, 0.3) is 0 Å². The molecule has 11 heteroatoms. The van der Waals surface area contributed by atoms with Crippen molar-refractivity contribution in [3.8, 4) is 0 Å². The number of ether oxygens (including phenoxy) is 1. The number of pyridine rings is 1. The van der Waals surface area contributed by atoms with E-state index in [1.54, 1.807) is 6.92 Å². The van der Waals surface area contributed by atoms with Crippen molar-refractivity contribution in [1.82, 2.24) is 25.2 Å². The maximum Gasteiger partial charge on any atom is 0.326 e. The highest BCUT2D eigenvalue weighted by atomic mass is 35.5. The number of unbranched alkanes of at least 4 members (excludes halogenated alkanes) is 1. The molecule has 1 aliphatic heterocycles. The smallest absolute Gasteiger partial charge is 0.326 e. The summed E-state index contributed by atoms with van der Waals surface area (Å²) in [5.41, 5.74) is 2.79. The van der Waals surface area contributed by atoms with Gasteiger partial charge in [-0.25, -0.2) is 19.7 Å². The quantitative estimate of drug-likeness (QED) is 0.200. The lowest BCUT2D eigenvalue weighted by molar-refractivity contribution is -0.142. The van der Waals surface area contributed by atoms with Gasteiger partial charge in [0.15, 0.2) is 0 Å². The minimum Gasteiger partial charge on any atom is -0.480 e. The number of amides is 1. The Balaban J connectivity index is 1.14. The predicted octanol–water partition coefficient (Wildman–Crippen LogP) is 3.69. The number of aryl methyl sites for hydroxylation is 3. The van der Waals surface area contributed by atoms with Gasteiger partial charge in [-0.05, 0) is 89.3 Å². The van der Waals surface area contributed by atoms with Crippen LogP contribution in [0.15, 0.2) is 18.5 Å². The Morgan fingerprint density at radius 3 is 2.78 bits per heavy atom. The fraction of sp³-hybridized carbons (Fsp3) is 0.633. The molecule has 3 N–H and O–H groups in total. The summed E-state index contributed by atoms with van der Waals surface area (Å²) in [6.45, 7) is 5.52. The Morgan fingerprint density at radius 2 is 2.05 bits per heavy atom. The first-order chi connectivity index (χ1) is 19.9. The van der Waals surface area contributed by atoms with Crippen LogP contribution in [0.4, 0.5) is 5.82 Å². The van der Waals surface area contributed by atoms with Gasteiger partial charge in [0.25, 0.3) is 0 Å². The van der Waals surface area contributed by atoms with E-state index < -0.39 is 17.4 Å². The van der Waals surface area contributed by atoms with E-state index in [0.717, 1.165) is 76.1 Å². The molecule has 5 rings (SSSR count). The molecule has 0 radical (unpaired) electrons. The Labute approximate surface area is 246 Å². The maximum absolute atomic E-state index is 13.3. The molecule has 2 aromatic rings. The number of rotatable bonds is 16. The minimum atomic E-state index is -1.04. The summed E-state index contributed by atoms with van der Waals surface area (Å²) in [5, 5.41) is 16.4. The number of aliphatic carboxylic acids is 1. The Kier molecular flexibility index (Phi) is 9.72. The SMILES string of the molecule is Cc1ncnc(Cl)c1C1(C(=O)N[C@@H](CCN(CCCCc2ccc3c(n2)NCCC3)CCOC2CC2)C(=O)O)CC1. The molecule has 10 nitrogen and oxygen atoms in total. The zero-order valence-electron chi connectivity index (χ0n) is 23.8.